The molecule has 0 heterocycles. The van der Waals surface area contributed by atoms with Crippen molar-refractivity contribution in [2.24, 2.45) is 0 Å². The van der Waals surface area contributed by atoms with Gasteiger partial charge in [0.2, 0.25) is 0 Å². The smallest absolute Gasteiger partial charge is 0.310 e. The van der Waals surface area contributed by atoms with Crippen LogP contribution in [0.1, 0.15) is 37.0 Å². The van der Waals surface area contributed by atoms with Crippen molar-refractivity contribution in [2.45, 2.75) is 40.2 Å². The lowest BCUT2D eigenvalue weighted by Gasteiger charge is -2.15. The Kier molecular flexibility index (Phi) is 6.69. The molecule has 0 aliphatic carbocycles. The van der Waals surface area contributed by atoms with Crippen LogP contribution in [0, 0.1) is 6.92 Å². The Morgan fingerprint density at radius 1 is 1.21 bits per heavy atom. The summed E-state index contributed by atoms with van der Waals surface area (Å²) in [5.41, 5.74) is 3.10. The highest BCUT2D eigenvalue weighted by Crippen LogP contribution is 2.32. The molecule has 0 aliphatic heterocycles. The van der Waals surface area contributed by atoms with Crippen molar-refractivity contribution in [1.29, 1.82) is 0 Å². The molecule has 3 nitrogen and oxygen atoms in total. The van der Waals surface area contributed by atoms with Gasteiger partial charge in [0.15, 0.2) is 0 Å². The fourth-order valence-electron chi connectivity index (χ4n) is 2.31. The Morgan fingerprint density at radius 3 is 2.62 bits per heavy atom. The quantitative estimate of drug-likeness (QED) is 0.440. The Morgan fingerprint density at radius 2 is 1.96 bits per heavy atom. The normalized spacial score (nSPS) is 10.5. The lowest BCUT2D eigenvalue weighted by molar-refractivity contribution is -0.134. The average molecular weight is 412 g/mol. The predicted molar refractivity (Wildman–Crippen MR) is 100.0 cm³/mol. The van der Waals surface area contributed by atoms with Crippen molar-refractivity contribution >= 4 is 33.5 Å². The number of benzene rings is 2. The minimum atomic E-state index is -0.303. The molecule has 2 aromatic carbocycles. The van der Waals surface area contributed by atoms with Crippen LogP contribution in [0.25, 0.3) is 0 Å². The third-order valence-electron chi connectivity index (χ3n) is 3.73. The molecule has 24 heavy (non-hydrogen) atoms. The van der Waals surface area contributed by atoms with Crippen LogP contribution in [0.3, 0.4) is 0 Å². The van der Waals surface area contributed by atoms with Crippen molar-refractivity contribution in [3.8, 4) is 11.5 Å². The molecule has 0 atom stereocenters. The van der Waals surface area contributed by atoms with Gasteiger partial charge in [-0.2, -0.15) is 0 Å². The van der Waals surface area contributed by atoms with E-state index in [0.717, 1.165) is 16.6 Å². The third-order valence-corrected chi connectivity index (χ3v) is 4.71. The first-order valence-electron chi connectivity index (χ1n) is 7.86. The van der Waals surface area contributed by atoms with Crippen LogP contribution in [0.2, 0.25) is 5.02 Å². The summed E-state index contributed by atoms with van der Waals surface area (Å²) in [4.78, 5) is 11.6. The van der Waals surface area contributed by atoms with E-state index in [0.29, 0.717) is 22.8 Å². The second kappa shape index (κ2) is 8.54. The highest BCUT2D eigenvalue weighted by atomic mass is 79.9. The summed E-state index contributed by atoms with van der Waals surface area (Å²) < 4.78 is 12.1. The van der Waals surface area contributed by atoms with E-state index in [1.54, 1.807) is 25.1 Å². The third kappa shape index (κ3) is 4.52. The van der Waals surface area contributed by atoms with Crippen molar-refractivity contribution in [1.82, 2.24) is 0 Å². The monoisotopic (exact) mass is 410 g/mol. The number of aryl methyl sites for hydroxylation is 2. The molecule has 0 bridgehead atoms. The van der Waals surface area contributed by atoms with Gasteiger partial charge in [0.1, 0.15) is 18.1 Å². The average Bonchev–Trinajstić information content (AvgIpc) is 2.56. The SMILES string of the molecule is CCC(=O)Oc1cccc(Cl)c1COc1cc(C)c(CC)cc1Br. The maximum atomic E-state index is 11.6. The summed E-state index contributed by atoms with van der Waals surface area (Å²) in [6, 6.07) is 9.29. The summed E-state index contributed by atoms with van der Waals surface area (Å²) in [7, 11) is 0. The van der Waals surface area contributed by atoms with Gasteiger partial charge in [-0.05, 0) is 64.7 Å². The van der Waals surface area contributed by atoms with E-state index in [1.807, 2.05) is 6.07 Å². The number of ether oxygens (including phenoxy) is 2. The van der Waals surface area contributed by atoms with Crippen LogP contribution in [-0.4, -0.2) is 5.97 Å². The summed E-state index contributed by atoms with van der Waals surface area (Å²) in [5.74, 6) is 0.868. The van der Waals surface area contributed by atoms with Gasteiger partial charge in [-0.15, -0.1) is 0 Å². The lowest BCUT2D eigenvalue weighted by Crippen LogP contribution is -2.09. The molecule has 0 unspecified atom stereocenters. The summed E-state index contributed by atoms with van der Waals surface area (Å²) in [6.07, 6.45) is 1.27. The molecule has 0 radical (unpaired) electrons. The first kappa shape index (κ1) is 18.8. The molecule has 0 aliphatic rings. The first-order chi connectivity index (χ1) is 11.5. The minimum absolute atomic E-state index is 0.218. The summed E-state index contributed by atoms with van der Waals surface area (Å²) in [5, 5.41) is 0.509. The molecule has 2 rings (SSSR count). The van der Waals surface area contributed by atoms with E-state index in [9.17, 15) is 4.79 Å². The predicted octanol–water partition coefficient (Wildman–Crippen LogP) is 5.87. The van der Waals surface area contributed by atoms with Gasteiger partial charge < -0.3 is 9.47 Å². The number of halogens is 2. The molecule has 2 aromatic rings. The second-order valence-corrected chi connectivity index (χ2v) is 6.66. The fraction of sp³-hybridized carbons (Fsp3) is 0.316. The van der Waals surface area contributed by atoms with Gasteiger partial charge in [-0.3, -0.25) is 4.79 Å². The molecule has 0 N–H and O–H groups in total. The molecule has 0 saturated carbocycles. The summed E-state index contributed by atoms with van der Waals surface area (Å²) >= 11 is 9.80. The molecular weight excluding hydrogens is 392 g/mol. The maximum absolute atomic E-state index is 11.6. The molecule has 5 heteroatoms. The number of esters is 1. The Hall–Kier alpha value is -1.52. The maximum Gasteiger partial charge on any atom is 0.310 e. The van der Waals surface area contributed by atoms with Crippen LogP contribution in [0.15, 0.2) is 34.8 Å². The molecule has 0 saturated heterocycles. The Labute approximate surface area is 156 Å². The zero-order chi connectivity index (χ0) is 17.7. The standard InChI is InChI=1S/C19H20BrClO3/c1-4-13-10-15(20)18(9-12(13)3)23-11-14-16(21)7-6-8-17(14)24-19(22)5-2/h6-10H,4-5,11H2,1-3H3. The van der Waals surface area contributed by atoms with Crippen molar-refractivity contribution < 1.29 is 14.3 Å². The van der Waals surface area contributed by atoms with E-state index in [1.165, 1.54) is 11.1 Å². The Bertz CT molecular complexity index is 744. The second-order valence-electron chi connectivity index (χ2n) is 5.40. The number of carbonyl (C=O) groups excluding carboxylic acids is 1. The van der Waals surface area contributed by atoms with E-state index < -0.39 is 0 Å². The first-order valence-corrected chi connectivity index (χ1v) is 9.03. The van der Waals surface area contributed by atoms with Crippen LogP contribution >= 0.6 is 27.5 Å². The number of hydrogen-bond acceptors (Lipinski definition) is 3. The zero-order valence-electron chi connectivity index (χ0n) is 14.0. The molecule has 0 spiro atoms. The van der Waals surface area contributed by atoms with Crippen molar-refractivity contribution in [3.05, 3.63) is 56.5 Å². The minimum Gasteiger partial charge on any atom is -0.488 e. The fourth-order valence-corrected chi connectivity index (χ4v) is 3.03. The molecule has 0 aromatic heterocycles. The van der Waals surface area contributed by atoms with Gasteiger partial charge in [-0.25, -0.2) is 0 Å². The highest BCUT2D eigenvalue weighted by Gasteiger charge is 2.13. The van der Waals surface area contributed by atoms with Gasteiger partial charge in [-0.1, -0.05) is 31.5 Å². The van der Waals surface area contributed by atoms with Crippen molar-refractivity contribution in [3.63, 3.8) is 0 Å². The topological polar surface area (TPSA) is 35.5 Å². The molecule has 128 valence electrons. The van der Waals surface area contributed by atoms with E-state index in [4.69, 9.17) is 21.1 Å². The van der Waals surface area contributed by atoms with Gasteiger partial charge in [0.05, 0.1) is 15.1 Å². The largest absolute Gasteiger partial charge is 0.488 e. The Balaban J connectivity index is 2.23. The van der Waals surface area contributed by atoms with E-state index in [2.05, 4.69) is 35.8 Å². The molecule has 0 fully saturated rings. The van der Waals surface area contributed by atoms with Gasteiger partial charge >= 0.3 is 5.97 Å². The van der Waals surface area contributed by atoms with Crippen molar-refractivity contribution in [2.75, 3.05) is 0 Å². The van der Waals surface area contributed by atoms with E-state index >= 15 is 0 Å². The van der Waals surface area contributed by atoms with Crippen LogP contribution in [-0.2, 0) is 17.8 Å². The van der Waals surface area contributed by atoms with Crippen LogP contribution < -0.4 is 9.47 Å². The zero-order valence-corrected chi connectivity index (χ0v) is 16.3. The van der Waals surface area contributed by atoms with Crippen LogP contribution in [0.4, 0.5) is 0 Å². The van der Waals surface area contributed by atoms with Gasteiger partial charge in [0, 0.05) is 6.42 Å². The number of rotatable bonds is 6. The molecular formula is C19H20BrClO3. The summed E-state index contributed by atoms with van der Waals surface area (Å²) in [6.45, 7) is 6.14. The number of hydrogen-bond donors (Lipinski definition) is 0. The van der Waals surface area contributed by atoms with E-state index in [-0.39, 0.29) is 12.6 Å². The number of carbonyl (C=O) groups is 1. The lowest BCUT2D eigenvalue weighted by atomic mass is 10.1. The molecule has 0 amide bonds. The van der Waals surface area contributed by atoms with Crippen LogP contribution in [0.5, 0.6) is 11.5 Å². The van der Waals surface area contributed by atoms with Gasteiger partial charge in [0.25, 0.3) is 0 Å². The highest BCUT2D eigenvalue weighted by molar-refractivity contribution is 9.10.